The minimum absolute atomic E-state index is 0.0154. The van der Waals surface area contributed by atoms with Gasteiger partial charge in [-0.3, -0.25) is 9.78 Å². The Kier molecular flexibility index (Phi) is 5.54. The fourth-order valence-corrected chi connectivity index (χ4v) is 2.75. The van der Waals surface area contributed by atoms with E-state index in [4.69, 9.17) is 9.15 Å². The second-order valence-electron chi connectivity index (χ2n) is 6.37. The first-order chi connectivity index (χ1) is 12.2. The molecule has 1 aliphatic rings. The van der Waals surface area contributed by atoms with Crippen molar-refractivity contribution in [1.29, 1.82) is 0 Å². The van der Waals surface area contributed by atoms with Crippen molar-refractivity contribution >= 4 is 11.1 Å². The molecule has 6 heteroatoms. The van der Waals surface area contributed by atoms with Crippen LogP contribution in [-0.4, -0.2) is 16.6 Å². The minimum Gasteiger partial charge on any atom is -0.451 e. The van der Waals surface area contributed by atoms with Gasteiger partial charge in [0.15, 0.2) is 6.61 Å². The predicted octanol–water partition coefficient (Wildman–Crippen LogP) is 2.79. The van der Waals surface area contributed by atoms with Gasteiger partial charge in [0.1, 0.15) is 5.39 Å². The van der Waals surface area contributed by atoms with E-state index in [0.717, 1.165) is 31.6 Å². The Labute approximate surface area is 145 Å². The molecule has 0 unspecified atom stereocenters. The molecule has 1 fully saturated rings. The number of H-pyrrole nitrogens is 1. The predicted molar refractivity (Wildman–Crippen MR) is 94.7 cm³/mol. The summed E-state index contributed by atoms with van der Waals surface area (Å²) in [5.74, 6) is 6.60. The van der Waals surface area contributed by atoms with E-state index in [1.807, 2.05) is 6.92 Å². The second-order valence-corrected chi connectivity index (χ2v) is 6.37. The topological polar surface area (TPSA) is 85.2 Å². The van der Waals surface area contributed by atoms with Gasteiger partial charge in [0.25, 0.3) is 5.56 Å². The molecule has 1 saturated carbocycles. The van der Waals surface area contributed by atoms with E-state index in [2.05, 4.69) is 21.8 Å². The number of aromatic nitrogens is 2. The molecule has 0 radical (unpaired) electrons. The molecule has 1 aliphatic carbocycles. The SMILES string of the molecule is CCCC#CCOc1nc2oc(=O)cc(CCCC3CC3)c2c(=O)[nH]1. The summed E-state index contributed by atoms with van der Waals surface area (Å²) < 4.78 is 10.4. The molecule has 1 N–H and O–H groups in total. The average molecular weight is 342 g/mol. The number of hydrogen-bond donors (Lipinski definition) is 1. The van der Waals surface area contributed by atoms with E-state index < -0.39 is 5.63 Å². The van der Waals surface area contributed by atoms with Crippen LogP contribution in [0.4, 0.5) is 0 Å². The highest BCUT2D eigenvalue weighted by Gasteiger charge is 2.21. The lowest BCUT2D eigenvalue weighted by Gasteiger charge is -2.06. The highest BCUT2D eigenvalue weighted by Crippen LogP contribution is 2.34. The summed E-state index contributed by atoms with van der Waals surface area (Å²) in [6.45, 7) is 2.17. The number of nitrogens with zero attached hydrogens (tertiary/aromatic N) is 1. The zero-order valence-corrected chi connectivity index (χ0v) is 14.4. The molecule has 3 rings (SSSR count). The summed E-state index contributed by atoms with van der Waals surface area (Å²) in [6.07, 6.45) is 7.12. The van der Waals surface area contributed by atoms with Gasteiger partial charge in [-0.1, -0.05) is 38.0 Å². The first kappa shape index (κ1) is 17.3. The molecule has 0 atom stereocenters. The summed E-state index contributed by atoms with van der Waals surface area (Å²) >= 11 is 0. The zero-order valence-electron chi connectivity index (χ0n) is 14.4. The van der Waals surface area contributed by atoms with E-state index >= 15 is 0 Å². The number of hydrogen-bond acceptors (Lipinski definition) is 5. The fourth-order valence-electron chi connectivity index (χ4n) is 2.75. The number of unbranched alkanes of at least 4 members (excludes halogenated alkanes) is 1. The maximum absolute atomic E-state index is 12.4. The van der Waals surface area contributed by atoms with Gasteiger partial charge in [0.05, 0.1) is 0 Å². The van der Waals surface area contributed by atoms with Crippen molar-refractivity contribution in [2.24, 2.45) is 5.92 Å². The molecule has 2 aromatic rings. The third-order valence-corrected chi connectivity index (χ3v) is 4.21. The van der Waals surface area contributed by atoms with E-state index in [-0.39, 0.29) is 23.9 Å². The Morgan fingerprint density at radius 1 is 1.36 bits per heavy atom. The molecular weight excluding hydrogens is 320 g/mol. The Balaban J connectivity index is 1.80. The molecule has 0 bridgehead atoms. The highest BCUT2D eigenvalue weighted by atomic mass is 16.5. The molecule has 0 aliphatic heterocycles. The van der Waals surface area contributed by atoms with Gasteiger partial charge in [-0.05, 0) is 30.7 Å². The maximum atomic E-state index is 12.4. The standard InChI is InChI=1S/C19H22N2O4/c1-2-3-4-5-11-24-19-20-17(23)16-14(8-6-7-13-9-10-13)12-15(22)25-18(16)21-19/h12-13H,2-3,6-11H2,1H3,(H,20,21,23). The van der Waals surface area contributed by atoms with Crippen molar-refractivity contribution in [1.82, 2.24) is 9.97 Å². The Morgan fingerprint density at radius 2 is 2.20 bits per heavy atom. The largest absolute Gasteiger partial charge is 0.451 e. The summed E-state index contributed by atoms with van der Waals surface area (Å²) in [5, 5.41) is 0.333. The van der Waals surface area contributed by atoms with Crippen molar-refractivity contribution in [2.45, 2.75) is 51.9 Å². The maximum Gasteiger partial charge on any atom is 0.337 e. The van der Waals surface area contributed by atoms with Crippen LogP contribution in [-0.2, 0) is 6.42 Å². The summed E-state index contributed by atoms with van der Waals surface area (Å²) in [5.41, 5.74) is -0.142. The van der Waals surface area contributed by atoms with E-state index in [9.17, 15) is 9.59 Å². The number of ether oxygens (including phenoxy) is 1. The van der Waals surface area contributed by atoms with E-state index in [1.165, 1.54) is 18.9 Å². The summed E-state index contributed by atoms with van der Waals surface area (Å²) in [7, 11) is 0. The molecule has 0 saturated heterocycles. The van der Waals surface area contributed by atoms with Crippen LogP contribution in [0.25, 0.3) is 11.1 Å². The number of fused-ring (bicyclic) bond motifs is 1. The molecule has 0 amide bonds. The first-order valence-corrected chi connectivity index (χ1v) is 8.83. The second kappa shape index (κ2) is 8.02. The number of aromatic amines is 1. The quantitative estimate of drug-likeness (QED) is 0.782. The van der Waals surface area contributed by atoms with E-state index in [1.54, 1.807) is 0 Å². The van der Waals surface area contributed by atoms with Crippen LogP contribution in [0.15, 0.2) is 20.1 Å². The van der Waals surface area contributed by atoms with Crippen LogP contribution in [0.2, 0.25) is 0 Å². The Morgan fingerprint density at radius 3 is 2.96 bits per heavy atom. The third kappa shape index (κ3) is 4.72. The number of rotatable bonds is 7. The van der Waals surface area contributed by atoms with Gasteiger partial charge in [0, 0.05) is 12.5 Å². The van der Waals surface area contributed by atoms with Crippen LogP contribution >= 0.6 is 0 Å². The number of nitrogens with one attached hydrogen (secondary N) is 1. The molecule has 2 aromatic heterocycles. The smallest absolute Gasteiger partial charge is 0.337 e. The average Bonchev–Trinajstić information content (AvgIpc) is 3.38. The molecule has 0 spiro atoms. The fraction of sp³-hybridized carbons (Fsp3) is 0.526. The third-order valence-electron chi connectivity index (χ3n) is 4.21. The van der Waals surface area contributed by atoms with Crippen molar-refractivity contribution in [2.75, 3.05) is 6.61 Å². The molecule has 2 heterocycles. The van der Waals surface area contributed by atoms with E-state index in [0.29, 0.717) is 17.4 Å². The molecule has 0 aromatic carbocycles. The van der Waals surface area contributed by atoms with Gasteiger partial charge >= 0.3 is 11.6 Å². The van der Waals surface area contributed by atoms with Gasteiger partial charge in [0.2, 0.25) is 5.71 Å². The normalized spacial score (nSPS) is 13.5. The van der Waals surface area contributed by atoms with Crippen molar-refractivity contribution in [3.8, 4) is 17.9 Å². The van der Waals surface area contributed by atoms with Gasteiger partial charge in [-0.25, -0.2) is 4.79 Å². The van der Waals surface area contributed by atoms with Crippen LogP contribution in [0.1, 0.15) is 51.0 Å². The summed E-state index contributed by atoms with van der Waals surface area (Å²) in [4.78, 5) is 30.9. The van der Waals surface area contributed by atoms with Gasteiger partial charge in [-0.15, -0.1) is 0 Å². The Bertz CT molecular complexity index is 913. The number of aryl methyl sites for hydroxylation is 1. The van der Waals surface area contributed by atoms with Crippen LogP contribution in [0, 0.1) is 17.8 Å². The lowest BCUT2D eigenvalue weighted by atomic mass is 10.1. The lowest BCUT2D eigenvalue weighted by molar-refractivity contribution is 0.337. The summed E-state index contributed by atoms with van der Waals surface area (Å²) in [6, 6.07) is 1.41. The van der Waals surface area contributed by atoms with Crippen molar-refractivity contribution < 1.29 is 9.15 Å². The van der Waals surface area contributed by atoms with Gasteiger partial charge < -0.3 is 9.15 Å². The zero-order chi connectivity index (χ0) is 17.6. The van der Waals surface area contributed by atoms with Gasteiger partial charge in [-0.2, -0.15) is 4.98 Å². The lowest BCUT2D eigenvalue weighted by Crippen LogP contribution is -2.15. The van der Waals surface area contributed by atoms with Crippen LogP contribution < -0.4 is 15.9 Å². The molecule has 25 heavy (non-hydrogen) atoms. The highest BCUT2D eigenvalue weighted by molar-refractivity contribution is 5.75. The Hall–Kier alpha value is -2.55. The van der Waals surface area contributed by atoms with Crippen molar-refractivity contribution in [3.05, 3.63) is 32.4 Å². The van der Waals surface area contributed by atoms with Crippen LogP contribution in [0.5, 0.6) is 6.01 Å². The minimum atomic E-state index is -0.499. The van der Waals surface area contributed by atoms with Crippen LogP contribution in [0.3, 0.4) is 0 Å². The molecular formula is C19H22N2O4. The first-order valence-electron chi connectivity index (χ1n) is 8.83. The van der Waals surface area contributed by atoms with Crippen molar-refractivity contribution in [3.63, 3.8) is 0 Å². The molecule has 6 nitrogen and oxygen atoms in total. The monoisotopic (exact) mass is 342 g/mol. The molecule has 132 valence electrons.